The van der Waals surface area contributed by atoms with Gasteiger partial charge < -0.3 is 10.3 Å². The van der Waals surface area contributed by atoms with Crippen molar-refractivity contribution in [1.29, 1.82) is 0 Å². The summed E-state index contributed by atoms with van der Waals surface area (Å²) < 4.78 is 28.8. The highest BCUT2D eigenvalue weighted by atomic mass is 35.5. The Bertz CT molecular complexity index is 782. The highest BCUT2D eigenvalue weighted by Crippen LogP contribution is 2.34. The van der Waals surface area contributed by atoms with E-state index in [1.54, 1.807) is 42.9 Å². The van der Waals surface area contributed by atoms with Crippen molar-refractivity contribution in [2.75, 3.05) is 16.6 Å². The monoisotopic (exact) mass is 342 g/mol. The Hall–Kier alpha value is -1.73. The number of benzene rings is 1. The molecule has 120 valence electrons. The van der Waals surface area contributed by atoms with Crippen molar-refractivity contribution >= 4 is 33.8 Å². The third kappa shape index (κ3) is 2.55. The van der Waals surface area contributed by atoms with E-state index in [1.165, 1.54) is 4.31 Å². The summed E-state index contributed by atoms with van der Waals surface area (Å²) in [5.41, 5.74) is 8.19. The fourth-order valence-electron chi connectivity index (χ4n) is 2.63. The van der Waals surface area contributed by atoms with E-state index in [1.807, 2.05) is 0 Å². The number of hydrogen-bond donors (Lipinski definition) is 1. The smallest absolute Gasteiger partial charge is 0.283 e. The molecule has 0 amide bonds. The molecular formula is C14H19ClN4O2S. The molecule has 0 atom stereocenters. The lowest BCUT2D eigenvalue weighted by molar-refractivity contribution is 0.583. The van der Waals surface area contributed by atoms with E-state index < -0.39 is 10.0 Å². The van der Waals surface area contributed by atoms with Crippen LogP contribution in [0.4, 0.5) is 11.4 Å². The lowest BCUT2D eigenvalue weighted by Gasteiger charge is -2.30. The van der Waals surface area contributed by atoms with E-state index in [-0.39, 0.29) is 17.4 Å². The third-order valence-electron chi connectivity index (χ3n) is 3.89. The molecule has 2 N–H and O–H groups in total. The molecule has 1 aromatic carbocycles. The number of sulfonamides is 1. The number of fused-ring (bicyclic) bond motifs is 1. The number of nitrogens with zero attached hydrogens (tertiary/aromatic N) is 3. The topological polar surface area (TPSA) is 81.2 Å². The molecule has 0 saturated heterocycles. The Balaban J connectivity index is 0.00000176. The Morgan fingerprint density at radius 2 is 2.05 bits per heavy atom. The summed E-state index contributed by atoms with van der Waals surface area (Å²) >= 11 is 0. The van der Waals surface area contributed by atoms with E-state index in [9.17, 15) is 8.42 Å². The molecule has 0 bridgehead atoms. The average molecular weight is 343 g/mol. The van der Waals surface area contributed by atoms with Crippen molar-refractivity contribution in [2.24, 2.45) is 7.05 Å². The highest BCUT2D eigenvalue weighted by molar-refractivity contribution is 7.92. The predicted molar refractivity (Wildman–Crippen MR) is 88.9 cm³/mol. The van der Waals surface area contributed by atoms with Crippen LogP contribution in [0.15, 0.2) is 29.4 Å². The van der Waals surface area contributed by atoms with E-state index in [4.69, 9.17) is 5.73 Å². The molecule has 0 unspecified atom stereocenters. The summed E-state index contributed by atoms with van der Waals surface area (Å²) in [4.78, 5) is 4.15. The van der Waals surface area contributed by atoms with Crippen LogP contribution in [0.3, 0.4) is 0 Å². The molecular weight excluding hydrogens is 324 g/mol. The fourth-order valence-corrected chi connectivity index (χ4v) is 4.20. The Morgan fingerprint density at radius 1 is 1.32 bits per heavy atom. The lowest BCUT2D eigenvalue weighted by atomic mass is 10.0. The number of aryl methyl sites for hydroxylation is 2. The van der Waals surface area contributed by atoms with Crippen LogP contribution < -0.4 is 10.0 Å². The summed E-state index contributed by atoms with van der Waals surface area (Å²) in [6.07, 6.45) is 3.10. The van der Waals surface area contributed by atoms with Crippen LogP contribution in [0, 0.1) is 6.92 Å². The zero-order valence-corrected chi connectivity index (χ0v) is 14.1. The molecule has 6 nitrogen and oxygen atoms in total. The maximum atomic E-state index is 12.8. The second-order valence-corrected chi connectivity index (χ2v) is 7.07. The number of halogens is 1. The number of imidazole rings is 1. The maximum absolute atomic E-state index is 12.8. The molecule has 1 aromatic heterocycles. The molecule has 3 rings (SSSR count). The van der Waals surface area contributed by atoms with Gasteiger partial charge in [0.1, 0.15) is 5.82 Å². The van der Waals surface area contributed by atoms with Crippen LogP contribution in [0.5, 0.6) is 0 Å². The van der Waals surface area contributed by atoms with Crippen molar-refractivity contribution in [3.05, 3.63) is 35.8 Å². The Labute approximate surface area is 136 Å². The summed E-state index contributed by atoms with van der Waals surface area (Å²) in [5.74, 6) is 0.665. The predicted octanol–water partition coefficient (Wildman–Crippen LogP) is 1.87. The zero-order chi connectivity index (χ0) is 15.2. The number of nitrogen functional groups attached to an aromatic ring is 1. The van der Waals surface area contributed by atoms with E-state index in [0.29, 0.717) is 23.7 Å². The van der Waals surface area contributed by atoms with E-state index in [0.717, 1.165) is 18.4 Å². The fraction of sp³-hybridized carbons (Fsp3) is 0.357. The van der Waals surface area contributed by atoms with Crippen molar-refractivity contribution in [3.63, 3.8) is 0 Å². The molecule has 1 aliphatic rings. The normalized spacial score (nSPS) is 14.4. The van der Waals surface area contributed by atoms with Crippen molar-refractivity contribution in [1.82, 2.24) is 9.55 Å². The van der Waals surface area contributed by atoms with Gasteiger partial charge in [-0.1, -0.05) is 6.07 Å². The van der Waals surface area contributed by atoms with Crippen LogP contribution >= 0.6 is 12.4 Å². The van der Waals surface area contributed by atoms with Crippen LogP contribution in [0.25, 0.3) is 0 Å². The number of anilines is 2. The van der Waals surface area contributed by atoms with Gasteiger partial charge in [0.25, 0.3) is 10.0 Å². The second-order valence-electron chi connectivity index (χ2n) is 5.26. The van der Waals surface area contributed by atoms with Crippen LogP contribution in [-0.4, -0.2) is 24.5 Å². The molecule has 0 fully saturated rings. The number of rotatable bonds is 2. The van der Waals surface area contributed by atoms with Gasteiger partial charge in [0.15, 0.2) is 5.03 Å². The van der Waals surface area contributed by atoms with Gasteiger partial charge in [-0.05, 0) is 37.5 Å². The van der Waals surface area contributed by atoms with Gasteiger partial charge in [0.2, 0.25) is 0 Å². The molecule has 2 heterocycles. The minimum atomic E-state index is -3.65. The van der Waals surface area contributed by atoms with Crippen molar-refractivity contribution in [3.8, 4) is 0 Å². The quantitative estimate of drug-likeness (QED) is 0.845. The van der Waals surface area contributed by atoms with Gasteiger partial charge in [0.05, 0.1) is 5.69 Å². The van der Waals surface area contributed by atoms with Crippen molar-refractivity contribution in [2.45, 2.75) is 24.8 Å². The minimum Gasteiger partial charge on any atom is -0.398 e. The Kier molecular flexibility index (Phi) is 4.39. The standard InChI is InChI=1S/C14H18N4O2S.ClH/c1-10-16-14(9-17(10)2)21(19,20)18-8-4-5-11-12(15)6-3-7-13(11)18;/h3,6-7,9H,4-5,8,15H2,1-2H3;1H. The first-order valence-electron chi connectivity index (χ1n) is 6.81. The maximum Gasteiger partial charge on any atom is 0.283 e. The first-order chi connectivity index (χ1) is 9.91. The molecule has 0 spiro atoms. The van der Waals surface area contributed by atoms with Gasteiger partial charge in [-0.25, -0.2) is 4.98 Å². The SMILES string of the molecule is Cc1nc(S(=O)(=O)N2CCCc3c(N)cccc32)cn1C.Cl. The number of hydrogen-bond acceptors (Lipinski definition) is 4. The van der Waals surface area contributed by atoms with E-state index >= 15 is 0 Å². The third-order valence-corrected chi connectivity index (χ3v) is 5.57. The van der Waals surface area contributed by atoms with Crippen LogP contribution in [-0.2, 0) is 23.5 Å². The highest BCUT2D eigenvalue weighted by Gasteiger charge is 2.31. The van der Waals surface area contributed by atoms with Gasteiger partial charge in [0, 0.05) is 25.5 Å². The summed E-state index contributed by atoms with van der Waals surface area (Å²) in [7, 11) is -1.87. The number of nitrogens with two attached hydrogens (primary N) is 1. The van der Waals surface area contributed by atoms with Gasteiger partial charge >= 0.3 is 0 Å². The molecule has 2 aromatic rings. The van der Waals surface area contributed by atoms with Gasteiger partial charge in [-0.3, -0.25) is 4.31 Å². The summed E-state index contributed by atoms with van der Waals surface area (Å²) in [6, 6.07) is 5.39. The summed E-state index contributed by atoms with van der Waals surface area (Å²) in [5, 5.41) is 0.0813. The first kappa shape index (κ1) is 16.6. The Morgan fingerprint density at radius 3 is 2.68 bits per heavy atom. The second kappa shape index (κ2) is 5.81. The minimum absolute atomic E-state index is 0. The summed E-state index contributed by atoms with van der Waals surface area (Å²) in [6.45, 7) is 2.23. The largest absolute Gasteiger partial charge is 0.398 e. The molecule has 8 heteroatoms. The number of aromatic nitrogens is 2. The van der Waals surface area contributed by atoms with Crippen LogP contribution in [0.1, 0.15) is 17.8 Å². The van der Waals surface area contributed by atoms with E-state index in [2.05, 4.69) is 4.98 Å². The average Bonchev–Trinajstić information content (AvgIpc) is 2.79. The van der Waals surface area contributed by atoms with Gasteiger partial charge in [-0.2, -0.15) is 8.42 Å². The lowest BCUT2D eigenvalue weighted by Crippen LogP contribution is -2.36. The molecule has 22 heavy (non-hydrogen) atoms. The zero-order valence-electron chi connectivity index (χ0n) is 12.5. The molecule has 0 radical (unpaired) electrons. The first-order valence-corrected chi connectivity index (χ1v) is 8.25. The molecule has 0 saturated carbocycles. The van der Waals surface area contributed by atoms with Gasteiger partial charge in [-0.15, -0.1) is 12.4 Å². The van der Waals surface area contributed by atoms with Crippen molar-refractivity contribution < 1.29 is 8.42 Å². The van der Waals surface area contributed by atoms with Crippen LogP contribution in [0.2, 0.25) is 0 Å². The molecule has 1 aliphatic heterocycles. The molecule has 0 aliphatic carbocycles.